The minimum atomic E-state index is 0.840. The summed E-state index contributed by atoms with van der Waals surface area (Å²) in [7, 11) is 0. The number of benzene rings is 1. The van der Waals surface area contributed by atoms with E-state index in [4.69, 9.17) is 4.74 Å². The lowest BCUT2D eigenvalue weighted by molar-refractivity contribution is 0.305. The van der Waals surface area contributed by atoms with E-state index in [1.54, 1.807) is 0 Å². The molecule has 0 saturated carbocycles. The Morgan fingerprint density at radius 3 is 2.80 bits per heavy atom. The number of rotatable bonds is 7. The summed E-state index contributed by atoms with van der Waals surface area (Å²) in [4.78, 5) is 0. The lowest BCUT2D eigenvalue weighted by Crippen LogP contribution is -1.97. The SMILES string of the molecule is C[CH]c1cccc(OCCCCCC)c1. The van der Waals surface area contributed by atoms with Crippen LogP contribution in [0.25, 0.3) is 0 Å². The van der Waals surface area contributed by atoms with Crippen LogP contribution in [0, 0.1) is 6.42 Å². The third-order valence-electron chi connectivity index (χ3n) is 2.46. The van der Waals surface area contributed by atoms with Crippen LogP contribution in [0.5, 0.6) is 5.75 Å². The van der Waals surface area contributed by atoms with Crippen molar-refractivity contribution in [2.24, 2.45) is 0 Å². The predicted molar refractivity (Wildman–Crippen MR) is 65.2 cm³/mol. The zero-order valence-electron chi connectivity index (χ0n) is 9.83. The molecule has 1 nitrogen and oxygen atoms in total. The quantitative estimate of drug-likeness (QED) is 0.606. The van der Waals surface area contributed by atoms with Gasteiger partial charge in [0.15, 0.2) is 0 Å². The van der Waals surface area contributed by atoms with E-state index in [0.717, 1.165) is 18.8 Å². The average molecular weight is 205 g/mol. The van der Waals surface area contributed by atoms with Gasteiger partial charge < -0.3 is 4.74 Å². The Morgan fingerprint density at radius 2 is 2.07 bits per heavy atom. The van der Waals surface area contributed by atoms with Gasteiger partial charge in [0, 0.05) is 0 Å². The minimum Gasteiger partial charge on any atom is -0.494 e. The van der Waals surface area contributed by atoms with Gasteiger partial charge in [0.2, 0.25) is 0 Å². The van der Waals surface area contributed by atoms with Crippen molar-refractivity contribution < 1.29 is 4.74 Å². The van der Waals surface area contributed by atoms with Crippen molar-refractivity contribution in [2.75, 3.05) is 6.61 Å². The summed E-state index contributed by atoms with van der Waals surface area (Å²) in [6.07, 6.45) is 7.11. The van der Waals surface area contributed by atoms with E-state index in [9.17, 15) is 0 Å². The first-order chi connectivity index (χ1) is 7.36. The molecule has 0 spiro atoms. The molecule has 0 aliphatic heterocycles. The molecule has 83 valence electrons. The van der Waals surface area contributed by atoms with Crippen LogP contribution in [-0.2, 0) is 0 Å². The zero-order valence-corrected chi connectivity index (χ0v) is 9.83. The largest absolute Gasteiger partial charge is 0.494 e. The molecule has 1 aromatic carbocycles. The van der Waals surface area contributed by atoms with Gasteiger partial charge in [-0.25, -0.2) is 0 Å². The van der Waals surface area contributed by atoms with E-state index in [0.29, 0.717) is 0 Å². The Hall–Kier alpha value is -0.980. The summed E-state index contributed by atoms with van der Waals surface area (Å²) in [5.74, 6) is 0.988. The molecule has 0 aromatic heterocycles. The van der Waals surface area contributed by atoms with Gasteiger partial charge in [-0.2, -0.15) is 0 Å². The second-order valence-corrected chi connectivity index (χ2v) is 3.77. The van der Waals surface area contributed by atoms with Crippen LogP contribution in [-0.4, -0.2) is 6.61 Å². The molecule has 0 atom stereocenters. The summed E-state index contributed by atoms with van der Waals surface area (Å²) in [5, 5.41) is 0. The van der Waals surface area contributed by atoms with Crippen LogP contribution < -0.4 is 4.74 Å². The highest BCUT2D eigenvalue weighted by Gasteiger charge is 1.95. The Bertz CT molecular complexity index is 268. The van der Waals surface area contributed by atoms with Gasteiger partial charge in [0.05, 0.1) is 6.61 Å². The molecule has 1 radical (unpaired) electrons. The number of unbranched alkanes of at least 4 members (excludes halogenated alkanes) is 3. The van der Waals surface area contributed by atoms with Gasteiger partial charge in [-0.15, -0.1) is 0 Å². The van der Waals surface area contributed by atoms with Crippen molar-refractivity contribution >= 4 is 0 Å². The molecule has 0 bridgehead atoms. The van der Waals surface area contributed by atoms with Crippen LogP contribution in [0.4, 0.5) is 0 Å². The maximum Gasteiger partial charge on any atom is 0.119 e. The van der Waals surface area contributed by atoms with Crippen molar-refractivity contribution in [1.29, 1.82) is 0 Å². The predicted octanol–water partition coefficient (Wildman–Crippen LogP) is 4.22. The second kappa shape index (κ2) is 7.33. The molecule has 0 aliphatic carbocycles. The van der Waals surface area contributed by atoms with Crippen LogP contribution in [0.15, 0.2) is 24.3 Å². The molecule has 1 rings (SSSR count). The highest BCUT2D eigenvalue weighted by molar-refractivity contribution is 5.32. The van der Waals surface area contributed by atoms with Crippen molar-refractivity contribution in [2.45, 2.75) is 39.5 Å². The van der Waals surface area contributed by atoms with Crippen molar-refractivity contribution in [1.82, 2.24) is 0 Å². The van der Waals surface area contributed by atoms with E-state index < -0.39 is 0 Å². The van der Waals surface area contributed by atoms with Crippen LogP contribution in [0.2, 0.25) is 0 Å². The lowest BCUT2D eigenvalue weighted by Gasteiger charge is -2.06. The summed E-state index contributed by atoms with van der Waals surface area (Å²) in [5.41, 5.74) is 1.22. The Balaban J connectivity index is 2.24. The van der Waals surface area contributed by atoms with Gasteiger partial charge in [-0.3, -0.25) is 0 Å². The smallest absolute Gasteiger partial charge is 0.119 e. The maximum atomic E-state index is 5.68. The monoisotopic (exact) mass is 205 g/mol. The molecule has 0 amide bonds. The third-order valence-corrected chi connectivity index (χ3v) is 2.46. The Labute approximate surface area is 93.5 Å². The van der Waals surface area contributed by atoms with Crippen molar-refractivity contribution in [3.63, 3.8) is 0 Å². The third kappa shape index (κ3) is 4.87. The van der Waals surface area contributed by atoms with Gasteiger partial charge in [-0.05, 0) is 30.5 Å². The van der Waals surface area contributed by atoms with E-state index >= 15 is 0 Å². The fourth-order valence-corrected chi connectivity index (χ4v) is 1.50. The average Bonchev–Trinajstić information content (AvgIpc) is 2.29. The highest BCUT2D eigenvalue weighted by atomic mass is 16.5. The molecular weight excluding hydrogens is 184 g/mol. The minimum absolute atomic E-state index is 0.840. The molecule has 0 aliphatic rings. The maximum absolute atomic E-state index is 5.68. The summed E-state index contributed by atoms with van der Waals surface area (Å²) in [6.45, 7) is 5.11. The second-order valence-electron chi connectivity index (χ2n) is 3.77. The summed E-state index contributed by atoms with van der Waals surface area (Å²) in [6, 6.07) is 8.23. The summed E-state index contributed by atoms with van der Waals surface area (Å²) >= 11 is 0. The van der Waals surface area contributed by atoms with Crippen LogP contribution in [0.1, 0.15) is 45.1 Å². The van der Waals surface area contributed by atoms with Gasteiger partial charge in [0.25, 0.3) is 0 Å². The van der Waals surface area contributed by atoms with Gasteiger partial charge in [-0.1, -0.05) is 45.2 Å². The molecule has 0 N–H and O–H groups in total. The first-order valence-electron chi connectivity index (χ1n) is 5.89. The molecule has 0 saturated heterocycles. The van der Waals surface area contributed by atoms with Crippen LogP contribution >= 0.6 is 0 Å². The number of hydrogen-bond donors (Lipinski definition) is 0. The van der Waals surface area contributed by atoms with E-state index in [1.165, 1.54) is 24.8 Å². The first-order valence-corrected chi connectivity index (χ1v) is 5.89. The van der Waals surface area contributed by atoms with Gasteiger partial charge >= 0.3 is 0 Å². The van der Waals surface area contributed by atoms with E-state index in [2.05, 4.69) is 25.5 Å². The first kappa shape index (κ1) is 12.1. The Morgan fingerprint density at radius 1 is 1.20 bits per heavy atom. The highest BCUT2D eigenvalue weighted by Crippen LogP contribution is 2.14. The molecule has 1 heteroatoms. The lowest BCUT2D eigenvalue weighted by atomic mass is 10.2. The normalized spacial score (nSPS) is 10.3. The molecule has 15 heavy (non-hydrogen) atoms. The van der Waals surface area contributed by atoms with E-state index in [-0.39, 0.29) is 0 Å². The Kier molecular flexibility index (Phi) is 5.91. The molecule has 0 heterocycles. The summed E-state index contributed by atoms with van der Waals surface area (Å²) < 4.78 is 5.68. The fourth-order valence-electron chi connectivity index (χ4n) is 1.50. The molecular formula is C14H21O. The van der Waals surface area contributed by atoms with Gasteiger partial charge in [0.1, 0.15) is 5.75 Å². The van der Waals surface area contributed by atoms with E-state index in [1.807, 2.05) is 19.1 Å². The standard InChI is InChI=1S/C14H21O/c1-3-5-6-7-11-15-14-10-8-9-13(4-2)12-14/h4,8-10,12H,3,5-7,11H2,1-2H3. The topological polar surface area (TPSA) is 9.23 Å². The molecule has 0 unspecified atom stereocenters. The van der Waals surface area contributed by atoms with Crippen molar-refractivity contribution in [3.8, 4) is 5.75 Å². The number of ether oxygens (including phenoxy) is 1. The molecule has 1 aromatic rings. The molecule has 0 fully saturated rings. The van der Waals surface area contributed by atoms with Crippen LogP contribution in [0.3, 0.4) is 0 Å². The number of hydrogen-bond acceptors (Lipinski definition) is 1. The fraction of sp³-hybridized carbons (Fsp3) is 0.500. The van der Waals surface area contributed by atoms with Crippen molar-refractivity contribution in [3.05, 3.63) is 36.2 Å². The zero-order chi connectivity index (χ0) is 10.9.